The summed E-state index contributed by atoms with van der Waals surface area (Å²) >= 11 is 0. The number of aryl methyl sites for hydroxylation is 1. The second-order valence-electron chi connectivity index (χ2n) is 2.97. The van der Waals surface area contributed by atoms with Crippen molar-refractivity contribution in [3.05, 3.63) is 11.6 Å². The van der Waals surface area contributed by atoms with Gasteiger partial charge >= 0.3 is 0 Å². The zero-order valence-corrected chi connectivity index (χ0v) is 8.72. The van der Waals surface area contributed by atoms with E-state index >= 15 is 0 Å². The number of H-pyrrole nitrogens is 1. The number of sulfone groups is 1. The van der Waals surface area contributed by atoms with Crippen LogP contribution in [-0.4, -0.2) is 29.9 Å². The molecule has 0 saturated heterocycles. The molecule has 1 N–H and O–H groups in total. The van der Waals surface area contributed by atoms with Gasteiger partial charge in [-0.05, 0) is 6.92 Å². The van der Waals surface area contributed by atoms with Gasteiger partial charge in [0.05, 0.1) is 0 Å². The Labute approximate surface area is 77.5 Å². The molecule has 0 bridgehead atoms. The fraction of sp³-hybridized carbons (Fsp3) is 0.714. The van der Waals surface area contributed by atoms with E-state index in [9.17, 15) is 8.42 Å². The van der Waals surface area contributed by atoms with E-state index in [1.165, 1.54) is 6.26 Å². The van der Waals surface area contributed by atoms with Crippen LogP contribution in [0.25, 0.3) is 0 Å². The van der Waals surface area contributed by atoms with E-state index in [1.54, 1.807) is 6.92 Å². The molecule has 1 aromatic heterocycles. The standard InChI is InChI=1S/C7H13N3O2S/c1-4-6-8-7(10-9-6)5(2)13(3,11)12/h5H,4H2,1-3H3,(H,8,9,10). The van der Waals surface area contributed by atoms with Crippen molar-refractivity contribution in [1.82, 2.24) is 15.2 Å². The van der Waals surface area contributed by atoms with Gasteiger partial charge in [-0.1, -0.05) is 6.92 Å². The van der Waals surface area contributed by atoms with Crippen molar-refractivity contribution in [2.45, 2.75) is 25.5 Å². The van der Waals surface area contributed by atoms with Crippen LogP contribution in [0.4, 0.5) is 0 Å². The third kappa shape index (κ3) is 2.27. The maximum absolute atomic E-state index is 11.1. The topological polar surface area (TPSA) is 75.7 Å². The van der Waals surface area contributed by atoms with Crippen molar-refractivity contribution in [2.24, 2.45) is 0 Å². The molecule has 0 saturated carbocycles. The molecule has 74 valence electrons. The lowest BCUT2D eigenvalue weighted by molar-refractivity contribution is 0.589. The zero-order valence-electron chi connectivity index (χ0n) is 7.90. The molecule has 5 nitrogen and oxygen atoms in total. The minimum atomic E-state index is -3.10. The SMILES string of the molecule is CCc1nc(C(C)S(C)(=O)=O)n[nH]1. The van der Waals surface area contributed by atoms with Gasteiger partial charge in [0.15, 0.2) is 15.7 Å². The highest BCUT2D eigenvalue weighted by atomic mass is 32.2. The van der Waals surface area contributed by atoms with Gasteiger partial charge in [0.1, 0.15) is 11.1 Å². The minimum Gasteiger partial charge on any atom is -0.263 e. The number of hydrogen-bond acceptors (Lipinski definition) is 4. The number of hydrogen-bond donors (Lipinski definition) is 1. The molecule has 13 heavy (non-hydrogen) atoms. The van der Waals surface area contributed by atoms with Crippen molar-refractivity contribution in [2.75, 3.05) is 6.26 Å². The smallest absolute Gasteiger partial charge is 0.168 e. The maximum atomic E-state index is 11.1. The van der Waals surface area contributed by atoms with Crippen molar-refractivity contribution in [3.8, 4) is 0 Å². The Bertz CT molecular complexity index is 382. The Morgan fingerprint density at radius 3 is 2.54 bits per heavy atom. The normalized spacial score (nSPS) is 14.4. The van der Waals surface area contributed by atoms with Crippen LogP contribution in [-0.2, 0) is 16.3 Å². The molecule has 1 rings (SSSR count). The number of nitrogens with zero attached hydrogens (tertiary/aromatic N) is 2. The van der Waals surface area contributed by atoms with Crippen LogP contribution in [0.3, 0.4) is 0 Å². The summed E-state index contributed by atoms with van der Waals surface area (Å²) in [5.41, 5.74) is 0. The Kier molecular flexibility index (Phi) is 2.70. The van der Waals surface area contributed by atoms with E-state index < -0.39 is 15.1 Å². The molecule has 0 fully saturated rings. The van der Waals surface area contributed by atoms with Crippen molar-refractivity contribution in [1.29, 1.82) is 0 Å². The van der Waals surface area contributed by atoms with Gasteiger partial charge in [0.25, 0.3) is 0 Å². The van der Waals surface area contributed by atoms with Crippen LogP contribution >= 0.6 is 0 Å². The van der Waals surface area contributed by atoms with E-state index in [2.05, 4.69) is 15.2 Å². The third-order valence-electron chi connectivity index (χ3n) is 1.89. The monoisotopic (exact) mass is 203 g/mol. The summed E-state index contributed by atoms with van der Waals surface area (Å²) < 4.78 is 22.3. The fourth-order valence-electron chi connectivity index (χ4n) is 0.841. The zero-order chi connectivity index (χ0) is 10.1. The largest absolute Gasteiger partial charge is 0.263 e. The van der Waals surface area contributed by atoms with E-state index in [4.69, 9.17) is 0 Å². The average molecular weight is 203 g/mol. The molecule has 0 aliphatic heterocycles. The molecule has 0 spiro atoms. The van der Waals surface area contributed by atoms with Crippen LogP contribution in [0.15, 0.2) is 0 Å². The molecule has 1 heterocycles. The van der Waals surface area contributed by atoms with Gasteiger partial charge in [-0.3, -0.25) is 5.10 Å². The Morgan fingerprint density at radius 1 is 1.54 bits per heavy atom. The summed E-state index contributed by atoms with van der Waals surface area (Å²) in [7, 11) is -3.10. The van der Waals surface area contributed by atoms with Crippen LogP contribution in [0, 0.1) is 0 Å². The lowest BCUT2D eigenvalue weighted by Gasteiger charge is -2.02. The van der Waals surface area contributed by atoms with Gasteiger partial charge in [-0.25, -0.2) is 13.4 Å². The van der Waals surface area contributed by atoms with Crippen molar-refractivity contribution >= 4 is 9.84 Å². The number of aromatic nitrogens is 3. The summed E-state index contributed by atoms with van der Waals surface area (Å²) in [6.07, 6.45) is 1.91. The predicted octanol–water partition coefficient (Wildman–Crippen LogP) is 0.473. The van der Waals surface area contributed by atoms with Crippen LogP contribution in [0.5, 0.6) is 0 Å². The van der Waals surface area contributed by atoms with E-state index in [0.29, 0.717) is 11.6 Å². The van der Waals surface area contributed by atoms with Gasteiger partial charge < -0.3 is 0 Å². The fourth-order valence-corrected chi connectivity index (χ4v) is 1.33. The molecule has 1 aromatic rings. The predicted molar refractivity (Wildman–Crippen MR) is 49.0 cm³/mol. The second-order valence-corrected chi connectivity index (χ2v) is 5.33. The molecular formula is C7H13N3O2S. The Hall–Kier alpha value is -0.910. The van der Waals surface area contributed by atoms with Gasteiger partial charge in [-0.15, -0.1) is 0 Å². The quantitative estimate of drug-likeness (QED) is 0.775. The summed E-state index contributed by atoms with van der Waals surface area (Å²) in [6, 6.07) is 0. The summed E-state index contributed by atoms with van der Waals surface area (Å²) in [6.45, 7) is 3.51. The first-order chi connectivity index (χ1) is 5.95. The van der Waals surface area contributed by atoms with Crippen molar-refractivity contribution in [3.63, 3.8) is 0 Å². The Balaban J connectivity index is 2.96. The van der Waals surface area contributed by atoms with Gasteiger partial charge in [-0.2, -0.15) is 5.10 Å². The van der Waals surface area contributed by atoms with Crippen molar-refractivity contribution < 1.29 is 8.42 Å². The van der Waals surface area contributed by atoms with Crippen LogP contribution < -0.4 is 0 Å². The lowest BCUT2D eigenvalue weighted by atomic mass is 10.4. The molecule has 0 aromatic carbocycles. The van der Waals surface area contributed by atoms with E-state index in [1.807, 2.05) is 6.92 Å². The summed E-state index contributed by atoms with van der Waals surface area (Å²) in [5, 5.41) is 5.89. The molecule has 0 amide bonds. The summed E-state index contributed by atoms with van der Waals surface area (Å²) in [4.78, 5) is 4.05. The molecule has 1 unspecified atom stereocenters. The highest BCUT2D eigenvalue weighted by Gasteiger charge is 2.21. The average Bonchev–Trinajstić information content (AvgIpc) is 2.48. The van der Waals surface area contributed by atoms with Gasteiger partial charge in [0, 0.05) is 12.7 Å². The Morgan fingerprint density at radius 2 is 2.15 bits per heavy atom. The molecular weight excluding hydrogens is 190 g/mol. The second kappa shape index (κ2) is 3.45. The maximum Gasteiger partial charge on any atom is 0.168 e. The third-order valence-corrected chi connectivity index (χ3v) is 3.39. The summed E-state index contributed by atoms with van der Waals surface area (Å²) in [5.74, 6) is 1.06. The highest BCUT2D eigenvalue weighted by Crippen LogP contribution is 2.16. The first-order valence-electron chi connectivity index (χ1n) is 4.05. The van der Waals surface area contributed by atoms with E-state index in [0.717, 1.165) is 6.42 Å². The minimum absolute atomic E-state index is 0.347. The van der Waals surface area contributed by atoms with Crippen LogP contribution in [0.2, 0.25) is 0 Å². The molecule has 6 heteroatoms. The number of aromatic amines is 1. The molecule has 1 atom stereocenters. The molecule has 0 aliphatic carbocycles. The molecule has 0 radical (unpaired) electrons. The first-order valence-corrected chi connectivity index (χ1v) is 6.00. The van der Waals surface area contributed by atoms with Gasteiger partial charge in [0.2, 0.25) is 0 Å². The lowest BCUT2D eigenvalue weighted by Crippen LogP contribution is -2.09. The molecule has 0 aliphatic rings. The number of rotatable bonds is 3. The highest BCUT2D eigenvalue weighted by molar-refractivity contribution is 7.90. The first kappa shape index (κ1) is 10.2. The van der Waals surface area contributed by atoms with E-state index in [-0.39, 0.29) is 0 Å². The number of nitrogens with one attached hydrogen (secondary N) is 1. The van der Waals surface area contributed by atoms with Crippen LogP contribution in [0.1, 0.15) is 30.7 Å².